The number of aromatic nitrogens is 1. The zero-order valence-corrected chi connectivity index (χ0v) is 23.1. The molecule has 1 fully saturated rings. The van der Waals surface area contributed by atoms with Gasteiger partial charge in [0.05, 0.1) is 12.7 Å². The smallest absolute Gasteiger partial charge is 0.190 e. The van der Waals surface area contributed by atoms with Crippen LogP contribution in [0.3, 0.4) is 0 Å². The van der Waals surface area contributed by atoms with Gasteiger partial charge in [0.2, 0.25) is 0 Å². The molecule has 0 unspecified atom stereocenters. The number of thioether (sulfide) groups is 1. The Morgan fingerprint density at radius 3 is 2.56 bits per heavy atom. The summed E-state index contributed by atoms with van der Waals surface area (Å²) in [6, 6.07) is 12.8. The zero-order valence-electron chi connectivity index (χ0n) is 22.2. The van der Waals surface area contributed by atoms with Gasteiger partial charge in [-0.1, -0.05) is 0 Å². The van der Waals surface area contributed by atoms with Gasteiger partial charge in [-0.05, 0) is 63.3 Å². The first-order valence-corrected chi connectivity index (χ1v) is 14.4. The molecule has 2 heterocycles. The summed E-state index contributed by atoms with van der Waals surface area (Å²) in [4.78, 5) is 19.9. The Morgan fingerprint density at radius 1 is 1.00 bits per heavy atom. The molecule has 3 aliphatic rings. The lowest BCUT2D eigenvalue weighted by Gasteiger charge is -2.39. The third-order valence-corrected chi connectivity index (χ3v) is 8.42. The van der Waals surface area contributed by atoms with Crippen LogP contribution >= 0.6 is 11.8 Å². The van der Waals surface area contributed by atoms with Gasteiger partial charge in [-0.2, -0.15) is 0 Å². The number of hydrogen-bond acceptors (Lipinski definition) is 10. The van der Waals surface area contributed by atoms with Crippen LogP contribution in [0, 0.1) is 0 Å². The molecule has 3 N–H and O–H groups in total. The van der Waals surface area contributed by atoms with Gasteiger partial charge in [0.25, 0.3) is 0 Å². The average Bonchev–Trinajstić information content (AvgIpc) is 2.94. The number of hydrogen-bond donors (Lipinski definition) is 3. The lowest BCUT2D eigenvalue weighted by atomic mass is 10.0. The normalized spacial score (nSPS) is 23.5. The first kappa shape index (κ1) is 27.7. The van der Waals surface area contributed by atoms with Crippen LogP contribution in [0.4, 0.5) is 5.69 Å². The highest BCUT2D eigenvalue weighted by Gasteiger charge is 2.41. The molecule has 2 aromatic rings. The van der Waals surface area contributed by atoms with Gasteiger partial charge in [0, 0.05) is 41.7 Å². The number of benzene rings is 3. The second-order valence-electron chi connectivity index (χ2n) is 9.72. The Morgan fingerprint density at radius 2 is 1.79 bits per heavy atom. The van der Waals surface area contributed by atoms with E-state index < -0.39 is 29.9 Å². The fraction of sp³-hybridized carbons (Fsp3) is 0.448. The lowest BCUT2D eigenvalue weighted by Crippen LogP contribution is -2.55. The van der Waals surface area contributed by atoms with Gasteiger partial charge in [0.1, 0.15) is 40.7 Å². The van der Waals surface area contributed by atoms with Crippen LogP contribution in [-0.4, -0.2) is 75.6 Å². The number of aliphatic hydroxyl groups excluding tert-OH is 3. The molecule has 9 nitrogen and oxygen atoms in total. The van der Waals surface area contributed by atoms with Crippen LogP contribution in [0.15, 0.2) is 51.7 Å². The van der Waals surface area contributed by atoms with Gasteiger partial charge < -0.3 is 34.1 Å². The van der Waals surface area contributed by atoms with Crippen molar-refractivity contribution in [3.8, 4) is 17.2 Å². The Hall–Kier alpha value is -2.89. The molecule has 0 radical (unpaired) electrons. The maximum atomic E-state index is 12.8. The first-order valence-electron chi connectivity index (χ1n) is 13.3. The molecule has 10 heteroatoms. The van der Waals surface area contributed by atoms with E-state index in [0.29, 0.717) is 57.9 Å². The monoisotopic (exact) mass is 554 g/mol. The molecule has 2 aliphatic heterocycles. The molecule has 0 spiro atoms. The highest BCUT2D eigenvalue weighted by molar-refractivity contribution is 7.99. The number of rotatable bonds is 9. The highest BCUT2D eigenvalue weighted by atomic mass is 32.2. The average molecular weight is 555 g/mol. The summed E-state index contributed by atoms with van der Waals surface area (Å²) < 4.78 is 17.7. The number of fused-ring (bicyclic) bond motifs is 4. The van der Waals surface area contributed by atoms with Crippen LogP contribution in [0.25, 0.3) is 33.3 Å². The standard InChI is InChI=1S/C29H34N2O7S/c1-4-31(5-2)17-7-10-21-23(13-17)38-24-15-22(32)19-9-8-18(14-20(19)25(24)30-21)36-11-6-12-39-29-28(35)27(34)26(33)16(3)37-29/h7-10,13-16,26-29,33-35H,4-6,11-12H2,1-3H3/t16-,26+,27+,28-,29+/m0/s1. The van der Waals surface area contributed by atoms with E-state index in [1.807, 2.05) is 24.3 Å². The number of ether oxygens (including phenoxy) is 2. The molecule has 0 aromatic heterocycles. The topological polar surface area (TPSA) is 125 Å². The summed E-state index contributed by atoms with van der Waals surface area (Å²) in [6.07, 6.45) is -3.39. The van der Waals surface area contributed by atoms with E-state index in [9.17, 15) is 20.1 Å². The largest absolute Gasteiger partial charge is 0.494 e. The molecule has 5 rings (SSSR count). The third-order valence-electron chi connectivity index (χ3n) is 7.18. The van der Waals surface area contributed by atoms with Crippen molar-refractivity contribution in [1.29, 1.82) is 0 Å². The molecule has 5 atom stereocenters. The van der Waals surface area contributed by atoms with Crippen molar-refractivity contribution < 1.29 is 29.2 Å². The quantitative estimate of drug-likeness (QED) is 0.160. The van der Waals surface area contributed by atoms with Crippen LogP contribution in [0.1, 0.15) is 27.2 Å². The van der Waals surface area contributed by atoms with E-state index in [2.05, 4.69) is 18.7 Å². The molecule has 0 saturated carbocycles. The van der Waals surface area contributed by atoms with Crippen molar-refractivity contribution >= 4 is 39.3 Å². The van der Waals surface area contributed by atoms with Crippen molar-refractivity contribution in [3.63, 3.8) is 0 Å². The van der Waals surface area contributed by atoms with E-state index in [0.717, 1.165) is 18.8 Å². The molecule has 1 aliphatic carbocycles. The van der Waals surface area contributed by atoms with E-state index >= 15 is 0 Å². The first-order chi connectivity index (χ1) is 18.8. The highest BCUT2D eigenvalue weighted by Crippen LogP contribution is 2.34. The van der Waals surface area contributed by atoms with Gasteiger partial charge in [0.15, 0.2) is 16.8 Å². The Balaban J connectivity index is 1.31. The molecular formula is C29H34N2O7S. The van der Waals surface area contributed by atoms with E-state index in [-0.39, 0.29) is 5.43 Å². The van der Waals surface area contributed by atoms with Gasteiger partial charge >= 0.3 is 0 Å². The lowest BCUT2D eigenvalue weighted by molar-refractivity contribution is -0.192. The molecule has 0 amide bonds. The minimum absolute atomic E-state index is 0.141. The predicted molar refractivity (Wildman–Crippen MR) is 153 cm³/mol. The number of nitrogens with zero attached hydrogens (tertiary/aromatic N) is 2. The van der Waals surface area contributed by atoms with Gasteiger partial charge in [-0.15, -0.1) is 11.8 Å². The molecule has 2 aromatic carbocycles. The molecule has 39 heavy (non-hydrogen) atoms. The Bertz CT molecular complexity index is 1470. The number of anilines is 1. The van der Waals surface area contributed by atoms with E-state index in [1.54, 1.807) is 19.1 Å². The Labute approximate surface area is 230 Å². The summed E-state index contributed by atoms with van der Waals surface area (Å²) in [7, 11) is 0. The summed E-state index contributed by atoms with van der Waals surface area (Å²) in [5.74, 6) is 1.66. The molecular weight excluding hydrogens is 520 g/mol. The third kappa shape index (κ3) is 5.57. The van der Waals surface area contributed by atoms with Crippen molar-refractivity contribution in [2.24, 2.45) is 0 Å². The molecule has 1 saturated heterocycles. The number of aliphatic hydroxyl groups is 3. The second-order valence-corrected chi connectivity index (χ2v) is 10.9. The van der Waals surface area contributed by atoms with Crippen molar-refractivity contribution in [2.45, 2.75) is 57.0 Å². The van der Waals surface area contributed by atoms with Gasteiger partial charge in [-0.3, -0.25) is 4.79 Å². The van der Waals surface area contributed by atoms with Crippen molar-refractivity contribution in [1.82, 2.24) is 4.98 Å². The zero-order chi connectivity index (χ0) is 27.7. The van der Waals surface area contributed by atoms with E-state index in [1.165, 1.54) is 17.8 Å². The maximum Gasteiger partial charge on any atom is 0.190 e. The summed E-state index contributed by atoms with van der Waals surface area (Å²) in [5, 5.41) is 31.2. The van der Waals surface area contributed by atoms with Crippen molar-refractivity contribution in [3.05, 3.63) is 52.7 Å². The van der Waals surface area contributed by atoms with Crippen LogP contribution in [-0.2, 0) is 4.74 Å². The fourth-order valence-corrected chi connectivity index (χ4v) is 6.04. The summed E-state index contributed by atoms with van der Waals surface area (Å²) in [6.45, 7) is 8.04. The molecule has 208 valence electrons. The molecule has 0 bridgehead atoms. The Kier molecular flexibility index (Phi) is 8.29. The summed E-state index contributed by atoms with van der Waals surface area (Å²) in [5.41, 5.74) is 2.22. The fourth-order valence-electron chi connectivity index (χ4n) is 4.92. The minimum Gasteiger partial charge on any atom is -0.494 e. The van der Waals surface area contributed by atoms with Crippen LogP contribution < -0.4 is 15.1 Å². The predicted octanol–water partition coefficient (Wildman–Crippen LogP) is 3.62. The second kappa shape index (κ2) is 11.7. The minimum atomic E-state index is -1.23. The van der Waals surface area contributed by atoms with Gasteiger partial charge in [-0.25, -0.2) is 4.98 Å². The van der Waals surface area contributed by atoms with Crippen LogP contribution in [0.2, 0.25) is 0 Å². The van der Waals surface area contributed by atoms with Crippen molar-refractivity contribution in [2.75, 3.05) is 30.3 Å². The SMILES string of the molecule is CCN(CC)c1ccc2nc3c4cc(OCCCS[C@H]5O[C@@H](C)[C@@H](O)[C@@H](O)[C@@H]5O)ccc4c(=O)cc-3oc2c1. The van der Waals surface area contributed by atoms with Crippen LogP contribution in [0.5, 0.6) is 5.75 Å². The maximum absolute atomic E-state index is 12.8. The summed E-state index contributed by atoms with van der Waals surface area (Å²) >= 11 is 1.37. The van der Waals surface area contributed by atoms with E-state index in [4.69, 9.17) is 18.9 Å².